The molecule has 3 rings (SSSR count). The maximum Gasteiger partial charge on any atom is 0.354 e. The molecule has 0 atom stereocenters. The number of nitriles is 1. The van der Waals surface area contributed by atoms with Gasteiger partial charge in [0.1, 0.15) is 0 Å². The van der Waals surface area contributed by atoms with Crippen molar-refractivity contribution >= 4 is 5.65 Å². The van der Waals surface area contributed by atoms with Crippen molar-refractivity contribution in [2.75, 3.05) is 0 Å². The summed E-state index contributed by atoms with van der Waals surface area (Å²) < 4.78 is 3.36. The second-order valence-corrected chi connectivity index (χ2v) is 6.42. The first kappa shape index (κ1) is 17.7. The summed E-state index contributed by atoms with van der Waals surface area (Å²) in [6, 6.07) is 15.2. The summed E-state index contributed by atoms with van der Waals surface area (Å²) >= 11 is 0. The minimum atomic E-state index is -0.232. The van der Waals surface area contributed by atoms with Gasteiger partial charge in [0.2, 0.25) is 0 Å². The van der Waals surface area contributed by atoms with Crippen molar-refractivity contribution in [3.05, 3.63) is 64.6 Å². The van der Waals surface area contributed by atoms with E-state index in [1.54, 1.807) is 15.2 Å². The van der Waals surface area contributed by atoms with E-state index in [1.807, 2.05) is 49.4 Å². The highest BCUT2D eigenvalue weighted by Crippen LogP contribution is 2.24. The summed E-state index contributed by atoms with van der Waals surface area (Å²) in [5.41, 5.74) is 2.48. The van der Waals surface area contributed by atoms with Gasteiger partial charge in [-0.15, -0.1) is 0 Å². The molecule has 5 nitrogen and oxygen atoms in total. The van der Waals surface area contributed by atoms with Crippen molar-refractivity contribution in [3.8, 4) is 23.1 Å². The number of pyridine rings is 1. The van der Waals surface area contributed by atoms with Crippen LogP contribution in [-0.4, -0.2) is 9.51 Å². The first-order chi connectivity index (χ1) is 12.6. The minimum absolute atomic E-state index is 0.00733. The molecule has 0 fully saturated rings. The maximum atomic E-state index is 13.0. The highest BCUT2D eigenvalue weighted by molar-refractivity contribution is 5.67. The van der Waals surface area contributed by atoms with Crippen molar-refractivity contribution in [2.24, 2.45) is 0 Å². The van der Waals surface area contributed by atoms with Gasteiger partial charge in [-0.3, -0.25) is 0 Å². The number of benzene rings is 1. The molecule has 0 aliphatic carbocycles. The molecule has 1 aromatic carbocycles. The van der Waals surface area contributed by atoms with Crippen molar-refractivity contribution in [1.29, 1.82) is 5.26 Å². The van der Waals surface area contributed by atoms with Crippen LogP contribution in [0.15, 0.2) is 53.5 Å². The van der Waals surface area contributed by atoms with E-state index < -0.39 is 0 Å². The van der Waals surface area contributed by atoms with E-state index in [0.717, 1.165) is 24.8 Å². The molecule has 26 heavy (non-hydrogen) atoms. The molecule has 0 unspecified atom stereocenters. The predicted octanol–water partition coefficient (Wildman–Crippen LogP) is 3.35. The molecule has 0 aliphatic heterocycles. The van der Waals surface area contributed by atoms with Gasteiger partial charge < -0.3 is 5.11 Å². The number of aryl methyl sites for hydroxylation is 2. The molecule has 0 spiro atoms. The molecule has 0 saturated carbocycles. The van der Waals surface area contributed by atoms with Gasteiger partial charge in [0.25, 0.3) is 11.5 Å². The van der Waals surface area contributed by atoms with Gasteiger partial charge in [-0.25, -0.2) is 4.79 Å². The topological polar surface area (TPSA) is 69.4 Å². The van der Waals surface area contributed by atoms with E-state index in [1.165, 1.54) is 0 Å². The second kappa shape index (κ2) is 7.83. The van der Waals surface area contributed by atoms with Gasteiger partial charge >= 0.3 is 5.56 Å². The number of aromatic nitrogens is 2. The molecule has 1 N–H and O–H groups in total. The van der Waals surface area contributed by atoms with Gasteiger partial charge in [0, 0.05) is 12.5 Å². The fourth-order valence-corrected chi connectivity index (χ4v) is 3.21. The molecule has 0 radical (unpaired) electrons. The zero-order valence-electron chi connectivity index (χ0n) is 14.9. The molecule has 2 heterocycles. The summed E-state index contributed by atoms with van der Waals surface area (Å²) in [6.07, 6.45) is 4.84. The zero-order valence-corrected chi connectivity index (χ0v) is 14.9. The van der Waals surface area contributed by atoms with Crippen LogP contribution in [0.3, 0.4) is 0 Å². The number of fused-ring (bicyclic) bond motifs is 1. The van der Waals surface area contributed by atoms with Gasteiger partial charge in [-0.2, -0.15) is 14.2 Å². The van der Waals surface area contributed by atoms with Crippen molar-refractivity contribution in [2.45, 2.75) is 39.2 Å². The van der Waals surface area contributed by atoms with Crippen LogP contribution < -0.4 is 10.1 Å². The third-order valence-corrected chi connectivity index (χ3v) is 4.50. The molecule has 0 bridgehead atoms. The molecule has 5 heteroatoms. The van der Waals surface area contributed by atoms with Crippen LogP contribution in [0.25, 0.3) is 16.8 Å². The maximum absolute atomic E-state index is 13.0. The number of rotatable bonds is 6. The van der Waals surface area contributed by atoms with E-state index in [9.17, 15) is 9.90 Å². The first-order valence-electron chi connectivity index (χ1n) is 8.83. The summed E-state index contributed by atoms with van der Waals surface area (Å²) in [7, 11) is 0. The Balaban J connectivity index is 2.11. The smallest absolute Gasteiger partial charge is 0.354 e. The number of aromatic hydroxyl groups is 1. The lowest BCUT2D eigenvalue weighted by molar-refractivity contribution is -0.680. The SMILES string of the molecule is Cc1cccc(-c2c(O)[n+](CCCCCC#N)c3ccccn3c2=O)c1. The Morgan fingerprint density at radius 2 is 2.00 bits per heavy atom. The number of hydrogen-bond donors (Lipinski definition) is 1. The Kier molecular flexibility index (Phi) is 5.33. The summed E-state index contributed by atoms with van der Waals surface area (Å²) in [5.74, 6) is -0.00733. The van der Waals surface area contributed by atoms with Crippen molar-refractivity contribution in [1.82, 2.24) is 4.40 Å². The molecule has 132 valence electrons. The first-order valence-corrected chi connectivity index (χ1v) is 8.83. The fourth-order valence-electron chi connectivity index (χ4n) is 3.21. The predicted molar refractivity (Wildman–Crippen MR) is 99.8 cm³/mol. The average Bonchev–Trinajstić information content (AvgIpc) is 2.64. The number of unbranched alkanes of at least 4 members (excludes halogenated alkanes) is 3. The van der Waals surface area contributed by atoms with Crippen molar-refractivity contribution in [3.63, 3.8) is 0 Å². The molecular weight excluding hydrogens is 326 g/mol. The Hall–Kier alpha value is -3.13. The van der Waals surface area contributed by atoms with E-state index >= 15 is 0 Å². The number of hydrogen-bond acceptors (Lipinski definition) is 3. The van der Waals surface area contributed by atoms with Crippen LogP contribution in [-0.2, 0) is 6.54 Å². The zero-order chi connectivity index (χ0) is 18.5. The van der Waals surface area contributed by atoms with Gasteiger partial charge in [0.15, 0.2) is 5.56 Å². The summed E-state index contributed by atoms with van der Waals surface area (Å²) in [4.78, 5) is 13.0. The molecule has 0 amide bonds. The van der Waals surface area contributed by atoms with Crippen LogP contribution in [0.5, 0.6) is 5.88 Å². The number of nitrogens with zero attached hydrogens (tertiary/aromatic N) is 3. The second-order valence-electron chi connectivity index (χ2n) is 6.42. The average molecular weight is 348 g/mol. The Morgan fingerprint density at radius 3 is 2.77 bits per heavy atom. The van der Waals surface area contributed by atoms with Crippen molar-refractivity contribution < 1.29 is 9.67 Å². The molecule has 0 saturated heterocycles. The quantitative estimate of drug-likeness (QED) is 0.548. The molecule has 3 aromatic rings. The van der Waals surface area contributed by atoms with Crippen LogP contribution >= 0.6 is 0 Å². The van der Waals surface area contributed by atoms with Gasteiger partial charge in [-0.05, 0) is 37.8 Å². The molecule has 0 aliphatic rings. The fraction of sp³-hybridized carbons (Fsp3) is 0.286. The molecular formula is C21H22N3O2+. The van der Waals surface area contributed by atoms with Gasteiger partial charge in [-0.1, -0.05) is 35.9 Å². The van der Waals surface area contributed by atoms with Crippen LogP contribution in [0.4, 0.5) is 0 Å². The third kappa shape index (κ3) is 3.45. The third-order valence-electron chi connectivity index (χ3n) is 4.50. The van der Waals surface area contributed by atoms with Crippen LogP contribution in [0, 0.1) is 18.3 Å². The standard InChI is InChI=1S/C21H21N3O2/c1-16-9-8-10-17(15-16)19-20(25)23(13-6-3-2-5-12-22)18-11-4-7-14-24(18)21(19)26/h4,7-11,14-15H,2-3,5-6,13H2,1H3/p+1. The summed E-state index contributed by atoms with van der Waals surface area (Å²) in [5, 5.41) is 19.6. The van der Waals surface area contributed by atoms with E-state index in [0.29, 0.717) is 29.7 Å². The largest absolute Gasteiger partial charge is 0.477 e. The summed E-state index contributed by atoms with van der Waals surface area (Å²) in [6.45, 7) is 2.55. The van der Waals surface area contributed by atoms with Gasteiger partial charge in [0.05, 0.1) is 18.8 Å². The highest BCUT2D eigenvalue weighted by Gasteiger charge is 2.24. The monoisotopic (exact) mass is 348 g/mol. The van der Waals surface area contributed by atoms with E-state index in [2.05, 4.69) is 6.07 Å². The lowest BCUT2D eigenvalue weighted by Crippen LogP contribution is -2.41. The minimum Gasteiger partial charge on any atom is -0.477 e. The highest BCUT2D eigenvalue weighted by atomic mass is 16.3. The van der Waals surface area contributed by atoms with E-state index in [-0.39, 0.29) is 11.4 Å². The van der Waals surface area contributed by atoms with Crippen LogP contribution in [0.2, 0.25) is 0 Å². The Labute approximate surface area is 152 Å². The lowest BCUT2D eigenvalue weighted by atomic mass is 10.1. The molecule has 2 aromatic heterocycles. The van der Waals surface area contributed by atoms with E-state index in [4.69, 9.17) is 5.26 Å². The lowest BCUT2D eigenvalue weighted by Gasteiger charge is -2.10. The van der Waals surface area contributed by atoms with Crippen LogP contribution in [0.1, 0.15) is 31.2 Å². The normalized spacial score (nSPS) is 10.8. The Bertz CT molecular complexity index is 1030. The Morgan fingerprint density at radius 1 is 1.15 bits per heavy atom.